The Balaban J connectivity index is 1.75. The summed E-state index contributed by atoms with van der Waals surface area (Å²) >= 11 is 0. The molecule has 0 spiro atoms. The van der Waals surface area contributed by atoms with Gasteiger partial charge in [0.15, 0.2) is 0 Å². The van der Waals surface area contributed by atoms with E-state index < -0.39 is 0 Å². The van der Waals surface area contributed by atoms with Crippen LogP contribution in [0.25, 0.3) is 0 Å². The van der Waals surface area contributed by atoms with E-state index in [1.165, 1.54) is 7.11 Å². The highest BCUT2D eigenvalue weighted by molar-refractivity contribution is 5.92. The number of hydrogen-bond acceptors (Lipinski definition) is 4. The summed E-state index contributed by atoms with van der Waals surface area (Å²) in [6, 6.07) is 9.41. The summed E-state index contributed by atoms with van der Waals surface area (Å²) in [6.07, 6.45) is 0.893. The van der Waals surface area contributed by atoms with Crippen LogP contribution in [0.1, 0.15) is 32.1 Å². The predicted octanol–water partition coefficient (Wildman–Crippen LogP) is 2.07. The summed E-state index contributed by atoms with van der Waals surface area (Å²) in [4.78, 5) is 30.6. The molecule has 1 aliphatic heterocycles. The van der Waals surface area contributed by atoms with E-state index >= 15 is 0 Å². The van der Waals surface area contributed by atoms with Crippen LogP contribution in [0.2, 0.25) is 0 Å². The van der Waals surface area contributed by atoms with E-state index in [2.05, 4.69) is 9.88 Å². The van der Waals surface area contributed by atoms with Crippen LogP contribution in [0.4, 0.5) is 5.69 Å². The van der Waals surface area contributed by atoms with Gasteiger partial charge in [0.05, 0.1) is 19.2 Å². The number of benzene rings is 1. The van der Waals surface area contributed by atoms with Gasteiger partial charge in [-0.2, -0.15) is 0 Å². The van der Waals surface area contributed by atoms with E-state index in [1.54, 1.807) is 25.1 Å². The lowest BCUT2D eigenvalue weighted by Crippen LogP contribution is -2.23. The molecule has 1 N–H and O–H groups in total. The SMILES string of the molecule is COC(=O)c1ccc2c(c1)CCN2Cc1ccc(C(=O)N(C)C)[nH]1. The second-order valence-electron chi connectivity index (χ2n) is 6.10. The number of rotatable bonds is 4. The molecule has 3 rings (SSSR count). The van der Waals surface area contributed by atoms with Crippen LogP contribution >= 0.6 is 0 Å². The molecule has 6 nitrogen and oxygen atoms in total. The maximum atomic E-state index is 12.0. The third-order valence-electron chi connectivity index (χ3n) is 4.24. The molecule has 0 saturated heterocycles. The highest BCUT2D eigenvalue weighted by Gasteiger charge is 2.21. The number of fused-ring (bicyclic) bond motifs is 1. The molecule has 0 radical (unpaired) electrons. The Bertz CT molecular complexity index is 780. The number of nitrogens with zero attached hydrogens (tertiary/aromatic N) is 2. The zero-order valence-corrected chi connectivity index (χ0v) is 14.1. The Kier molecular flexibility index (Phi) is 4.29. The van der Waals surface area contributed by atoms with Crippen molar-refractivity contribution in [3.8, 4) is 0 Å². The number of carbonyl (C=O) groups excluding carboxylic acids is 2. The fraction of sp³-hybridized carbons (Fsp3) is 0.333. The Labute approximate surface area is 141 Å². The molecule has 2 heterocycles. The smallest absolute Gasteiger partial charge is 0.337 e. The van der Waals surface area contributed by atoms with Gasteiger partial charge in [0.25, 0.3) is 5.91 Å². The van der Waals surface area contributed by atoms with Crippen molar-refractivity contribution in [2.24, 2.45) is 0 Å². The largest absolute Gasteiger partial charge is 0.465 e. The molecule has 0 atom stereocenters. The number of carbonyl (C=O) groups is 2. The van der Waals surface area contributed by atoms with Gasteiger partial charge in [-0.1, -0.05) is 0 Å². The third kappa shape index (κ3) is 2.99. The van der Waals surface area contributed by atoms with Crippen molar-refractivity contribution in [1.82, 2.24) is 9.88 Å². The first kappa shape index (κ1) is 16.1. The van der Waals surface area contributed by atoms with Crippen molar-refractivity contribution in [1.29, 1.82) is 0 Å². The Morgan fingerprint density at radius 1 is 1.25 bits per heavy atom. The molecular weight excluding hydrogens is 306 g/mol. The first-order valence-corrected chi connectivity index (χ1v) is 7.85. The van der Waals surface area contributed by atoms with Gasteiger partial charge in [0.2, 0.25) is 0 Å². The van der Waals surface area contributed by atoms with E-state index in [0.717, 1.165) is 29.9 Å². The molecule has 126 valence electrons. The van der Waals surface area contributed by atoms with Gasteiger partial charge >= 0.3 is 5.97 Å². The lowest BCUT2D eigenvalue weighted by atomic mass is 10.1. The van der Waals surface area contributed by atoms with Crippen molar-refractivity contribution < 1.29 is 14.3 Å². The Morgan fingerprint density at radius 3 is 2.75 bits per heavy atom. The van der Waals surface area contributed by atoms with Gasteiger partial charge in [-0.15, -0.1) is 0 Å². The van der Waals surface area contributed by atoms with Gasteiger partial charge in [-0.25, -0.2) is 4.79 Å². The molecule has 1 amide bonds. The number of aromatic nitrogens is 1. The Morgan fingerprint density at radius 2 is 2.04 bits per heavy atom. The van der Waals surface area contributed by atoms with Gasteiger partial charge in [0, 0.05) is 32.0 Å². The first-order valence-electron chi connectivity index (χ1n) is 7.85. The minimum absolute atomic E-state index is 0.0363. The minimum Gasteiger partial charge on any atom is -0.465 e. The molecule has 0 fully saturated rings. The zero-order chi connectivity index (χ0) is 17.3. The van der Waals surface area contributed by atoms with Crippen molar-refractivity contribution in [2.75, 3.05) is 32.6 Å². The van der Waals surface area contributed by atoms with E-state index in [0.29, 0.717) is 17.8 Å². The van der Waals surface area contributed by atoms with Crippen LogP contribution in [0.5, 0.6) is 0 Å². The van der Waals surface area contributed by atoms with E-state index in [4.69, 9.17) is 4.74 Å². The van der Waals surface area contributed by atoms with Crippen LogP contribution in [0.3, 0.4) is 0 Å². The number of amides is 1. The quantitative estimate of drug-likeness (QED) is 0.873. The molecule has 1 aromatic heterocycles. The molecule has 0 bridgehead atoms. The average molecular weight is 327 g/mol. The van der Waals surface area contributed by atoms with Gasteiger partial charge in [-0.3, -0.25) is 4.79 Å². The van der Waals surface area contributed by atoms with Gasteiger partial charge < -0.3 is 19.5 Å². The fourth-order valence-corrected chi connectivity index (χ4v) is 2.98. The summed E-state index contributed by atoms with van der Waals surface area (Å²) < 4.78 is 4.77. The number of esters is 1. The Hall–Kier alpha value is -2.76. The van der Waals surface area contributed by atoms with Crippen LogP contribution in [-0.4, -0.2) is 49.5 Å². The van der Waals surface area contributed by atoms with E-state index in [-0.39, 0.29) is 11.9 Å². The molecular formula is C18H21N3O3. The number of nitrogens with one attached hydrogen (secondary N) is 1. The maximum Gasteiger partial charge on any atom is 0.337 e. The number of methoxy groups -OCH3 is 1. The molecule has 1 aliphatic rings. The van der Waals surface area contributed by atoms with E-state index in [1.807, 2.05) is 24.3 Å². The topological polar surface area (TPSA) is 65.6 Å². The number of aromatic amines is 1. The number of hydrogen-bond donors (Lipinski definition) is 1. The summed E-state index contributed by atoms with van der Waals surface area (Å²) in [6.45, 7) is 1.58. The second kappa shape index (κ2) is 6.39. The minimum atomic E-state index is -0.313. The van der Waals surface area contributed by atoms with Crippen LogP contribution in [0, 0.1) is 0 Å². The third-order valence-corrected chi connectivity index (χ3v) is 4.24. The van der Waals surface area contributed by atoms with Crippen LogP contribution in [-0.2, 0) is 17.7 Å². The van der Waals surface area contributed by atoms with Gasteiger partial charge in [0.1, 0.15) is 5.69 Å². The van der Waals surface area contributed by atoms with Crippen LogP contribution in [0.15, 0.2) is 30.3 Å². The number of H-pyrrole nitrogens is 1. The van der Waals surface area contributed by atoms with Crippen molar-refractivity contribution in [3.05, 3.63) is 52.8 Å². The van der Waals surface area contributed by atoms with Crippen molar-refractivity contribution in [3.63, 3.8) is 0 Å². The standard InChI is InChI=1S/C18H21N3O3/c1-20(2)17(22)15-6-5-14(19-15)11-21-9-8-12-10-13(18(23)24-3)4-7-16(12)21/h4-7,10,19H,8-9,11H2,1-3H3. The lowest BCUT2D eigenvalue weighted by molar-refractivity contribution is 0.0600. The zero-order valence-electron chi connectivity index (χ0n) is 14.1. The number of anilines is 1. The summed E-state index contributed by atoms with van der Waals surface area (Å²) in [7, 11) is 4.86. The second-order valence-corrected chi connectivity index (χ2v) is 6.10. The fourth-order valence-electron chi connectivity index (χ4n) is 2.98. The molecule has 0 aliphatic carbocycles. The summed E-state index contributed by atoms with van der Waals surface area (Å²) in [5, 5.41) is 0. The van der Waals surface area contributed by atoms with Gasteiger partial charge in [-0.05, 0) is 42.3 Å². The highest BCUT2D eigenvalue weighted by atomic mass is 16.5. The molecule has 0 saturated carbocycles. The summed E-state index contributed by atoms with van der Waals surface area (Å²) in [5.41, 5.74) is 4.43. The number of ether oxygens (including phenoxy) is 1. The molecule has 24 heavy (non-hydrogen) atoms. The van der Waals surface area contributed by atoms with Crippen molar-refractivity contribution in [2.45, 2.75) is 13.0 Å². The predicted molar refractivity (Wildman–Crippen MR) is 91.3 cm³/mol. The first-order chi connectivity index (χ1) is 11.5. The highest BCUT2D eigenvalue weighted by Crippen LogP contribution is 2.30. The normalized spacial score (nSPS) is 12.9. The van der Waals surface area contributed by atoms with Crippen molar-refractivity contribution >= 4 is 17.6 Å². The average Bonchev–Trinajstić information content (AvgIpc) is 3.20. The monoisotopic (exact) mass is 327 g/mol. The van der Waals surface area contributed by atoms with E-state index in [9.17, 15) is 9.59 Å². The summed E-state index contributed by atoms with van der Waals surface area (Å²) in [5.74, 6) is -0.349. The van der Waals surface area contributed by atoms with Crippen LogP contribution < -0.4 is 4.90 Å². The molecule has 1 aromatic carbocycles. The molecule has 2 aromatic rings. The maximum absolute atomic E-state index is 12.0. The molecule has 0 unspecified atom stereocenters. The molecule has 6 heteroatoms. The lowest BCUT2D eigenvalue weighted by Gasteiger charge is -2.18.